The molecule has 3 nitrogen and oxygen atoms in total. The van der Waals surface area contributed by atoms with E-state index in [-0.39, 0.29) is 0 Å². The summed E-state index contributed by atoms with van der Waals surface area (Å²) in [4.78, 5) is 4.99. The summed E-state index contributed by atoms with van der Waals surface area (Å²) >= 11 is 0. The minimum atomic E-state index is 0.635. The zero-order valence-corrected chi connectivity index (χ0v) is 15.6. The largest absolute Gasteiger partial charge is 0.489 e. The van der Waals surface area contributed by atoms with Crippen molar-refractivity contribution in [2.24, 2.45) is 0 Å². The summed E-state index contributed by atoms with van der Waals surface area (Å²) in [7, 11) is 2.21. The van der Waals surface area contributed by atoms with Crippen LogP contribution in [0.1, 0.15) is 23.1 Å². The summed E-state index contributed by atoms with van der Waals surface area (Å²) in [6.07, 6.45) is 2.27. The van der Waals surface area contributed by atoms with Crippen molar-refractivity contribution in [3.05, 3.63) is 65.2 Å². The highest BCUT2D eigenvalue weighted by molar-refractivity contribution is 5.34. The summed E-state index contributed by atoms with van der Waals surface area (Å²) in [6, 6.07) is 17.0. The van der Waals surface area contributed by atoms with Crippen LogP contribution in [0.4, 0.5) is 0 Å². The third kappa shape index (κ3) is 5.58. The van der Waals surface area contributed by atoms with Crippen LogP contribution in [0.15, 0.2) is 48.5 Å². The van der Waals surface area contributed by atoms with E-state index < -0.39 is 0 Å². The van der Waals surface area contributed by atoms with Gasteiger partial charge in [0.15, 0.2) is 0 Å². The zero-order valence-electron chi connectivity index (χ0n) is 15.6. The van der Waals surface area contributed by atoms with Crippen LogP contribution < -0.4 is 4.74 Å². The molecule has 0 spiro atoms. The molecule has 0 radical (unpaired) electrons. The molecule has 0 bridgehead atoms. The Morgan fingerprint density at radius 1 is 0.920 bits per heavy atom. The number of benzene rings is 2. The van der Waals surface area contributed by atoms with Gasteiger partial charge in [-0.3, -0.25) is 0 Å². The first-order valence-electron chi connectivity index (χ1n) is 9.38. The molecule has 134 valence electrons. The number of aryl methyl sites for hydroxylation is 2. The lowest BCUT2D eigenvalue weighted by molar-refractivity contribution is 0.153. The van der Waals surface area contributed by atoms with Crippen LogP contribution in [-0.2, 0) is 13.0 Å². The van der Waals surface area contributed by atoms with Crippen LogP contribution in [-0.4, -0.2) is 49.6 Å². The van der Waals surface area contributed by atoms with Crippen LogP contribution in [0.5, 0.6) is 5.75 Å². The van der Waals surface area contributed by atoms with Crippen LogP contribution in [0.2, 0.25) is 0 Å². The fourth-order valence-corrected chi connectivity index (χ4v) is 3.26. The van der Waals surface area contributed by atoms with E-state index in [4.69, 9.17) is 4.74 Å². The molecule has 1 aliphatic heterocycles. The monoisotopic (exact) mass is 338 g/mol. The topological polar surface area (TPSA) is 15.7 Å². The van der Waals surface area contributed by atoms with Gasteiger partial charge in [-0.2, -0.15) is 0 Å². The van der Waals surface area contributed by atoms with Crippen LogP contribution in [0.3, 0.4) is 0 Å². The Morgan fingerprint density at radius 3 is 2.40 bits per heavy atom. The van der Waals surface area contributed by atoms with E-state index >= 15 is 0 Å². The minimum Gasteiger partial charge on any atom is -0.489 e. The van der Waals surface area contributed by atoms with Gasteiger partial charge in [0.25, 0.3) is 0 Å². The Labute approximate surface area is 152 Å². The number of para-hydroxylation sites is 1. The predicted molar refractivity (Wildman–Crippen MR) is 104 cm³/mol. The quantitative estimate of drug-likeness (QED) is 0.765. The molecule has 0 amide bonds. The van der Waals surface area contributed by atoms with E-state index in [1.165, 1.54) is 55.8 Å². The first-order chi connectivity index (χ1) is 12.2. The predicted octanol–water partition coefficient (Wildman–Crippen LogP) is 3.75. The van der Waals surface area contributed by atoms with Gasteiger partial charge < -0.3 is 14.5 Å². The van der Waals surface area contributed by atoms with Crippen LogP contribution in [0.25, 0.3) is 0 Å². The van der Waals surface area contributed by atoms with Crippen molar-refractivity contribution < 1.29 is 4.74 Å². The van der Waals surface area contributed by atoms with E-state index in [9.17, 15) is 0 Å². The van der Waals surface area contributed by atoms with Crippen molar-refractivity contribution >= 4 is 0 Å². The number of nitrogens with zero attached hydrogens (tertiary/aromatic N) is 2. The van der Waals surface area contributed by atoms with Gasteiger partial charge in [-0.15, -0.1) is 0 Å². The highest BCUT2D eigenvalue weighted by Crippen LogP contribution is 2.21. The maximum absolute atomic E-state index is 6.10. The summed E-state index contributed by atoms with van der Waals surface area (Å²) in [6.45, 7) is 8.70. The highest BCUT2D eigenvalue weighted by atomic mass is 16.5. The van der Waals surface area contributed by atoms with Gasteiger partial charge in [-0.25, -0.2) is 0 Å². The molecule has 2 aromatic rings. The molecule has 3 rings (SSSR count). The third-order valence-corrected chi connectivity index (χ3v) is 5.00. The molecule has 1 aliphatic rings. The van der Waals surface area contributed by atoms with Gasteiger partial charge in [0, 0.05) is 26.2 Å². The Bertz CT molecular complexity index is 645. The molecule has 1 heterocycles. The lowest BCUT2D eigenvalue weighted by Crippen LogP contribution is -2.44. The number of ether oxygens (including phenoxy) is 1. The molecule has 2 aromatic carbocycles. The molecule has 3 heteroatoms. The Balaban J connectivity index is 1.49. The minimum absolute atomic E-state index is 0.635. The molecule has 25 heavy (non-hydrogen) atoms. The van der Waals surface area contributed by atoms with Crippen molar-refractivity contribution in [2.45, 2.75) is 26.4 Å². The molecule has 0 N–H and O–H groups in total. The second-order valence-electron chi connectivity index (χ2n) is 7.13. The summed E-state index contributed by atoms with van der Waals surface area (Å²) in [5.41, 5.74) is 3.83. The Morgan fingerprint density at radius 2 is 1.64 bits per heavy atom. The molecule has 0 aromatic heterocycles. The molecule has 1 fully saturated rings. The number of likely N-dealkylation sites (N-methyl/N-ethyl adjacent to an activating group) is 1. The van der Waals surface area contributed by atoms with Crippen molar-refractivity contribution in [3.8, 4) is 5.75 Å². The fourth-order valence-electron chi connectivity index (χ4n) is 3.26. The van der Waals surface area contributed by atoms with Crippen LogP contribution in [0, 0.1) is 6.92 Å². The zero-order chi connectivity index (χ0) is 17.5. The summed E-state index contributed by atoms with van der Waals surface area (Å²) < 4.78 is 6.10. The molecule has 0 saturated carbocycles. The van der Waals surface area contributed by atoms with Gasteiger partial charge in [0.05, 0.1) is 0 Å². The smallest absolute Gasteiger partial charge is 0.122 e. The van der Waals surface area contributed by atoms with E-state index in [0.29, 0.717) is 6.61 Å². The second kappa shape index (κ2) is 9.02. The van der Waals surface area contributed by atoms with Crippen molar-refractivity contribution in [1.82, 2.24) is 9.80 Å². The number of hydrogen-bond donors (Lipinski definition) is 0. The molecule has 0 aliphatic carbocycles. The average Bonchev–Trinajstić information content (AvgIpc) is 2.64. The van der Waals surface area contributed by atoms with Crippen molar-refractivity contribution in [1.29, 1.82) is 0 Å². The second-order valence-corrected chi connectivity index (χ2v) is 7.13. The van der Waals surface area contributed by atoms with E-state index in [0.717, 1.165) is 12.2 Å². The van der Waals surface area contributed by atoms with Crippen molar-refractivity contribution in [3.63, 3.8) is 0 Å². The van der Waals surface area contributed by atoms with Crippen molar-refractivity contribution in [2.75, 3.05) is 39.8 Å². The fraction of sp³-hybridized carbons (Fsp3) is 0.455. The number of rotatable bonds is 7. The van der Waals surface area contributed by atoms with Crippen LogP contribution >= 0.6 is 0 Å². The Kier molecular flexibility index (Phi) is 6.48. The molecular weight excluding hydrogens is 308 g/mol. The lowest BCUT2D eigenvalue weighted by atomic mass is 10.1. The maximum Gasteiger partial charge on any atom is 0.122 e. The molecular formula is C22H30N2O. The Hall–Kier alpha value is -1.84. The van der Waals surface area contributed by atoms with Gasteiger partial charge in [0.1, 0.15) is 12.4 Å². The van der Waals surface area contributed by atoms with Gasteiger partial charge in [-0.05, 0) is 50.6 Å². The average molecular weight is 338 g/mol. The SMILES string of the molecule is Cc1ccc(COc2ccccc2CCCN2CCN(C)CC2)cc1. The number of hydrogen-bond acceptors (Lipinski definition) is 3. The van der Waals surface area contributed by atoms with Gasteiger partial charge >= 0.3 is 0 Å². The number of piperazine rings is 1. The van der Waals surface area contributed by atoms with E-state index in [2.05, 4.69) is 72.3 Å². The normalized spacial score (nSPS) is 16.1. The van der Waals surface area contributed by atoms with Gasteiger partial charge in [-0.1, -0.05) is 48.0 Å². The highest BCUT2D eigenvalue weighted by Gasteiger charge is 2.13. The molecule has 0 unspecified atom stereocenters. The van der Waals surface area contributed by atoms with E-state index in [1.54, 1.807) is 0 Å². The first-order valence-corrected chi connectivity index (χ1v) is 9.38. The molecule has 0 atom stereocenters. The standard InChI is InChI=1S/C22H30N2O/c1-19-9-11-20(12-10-19)18-25-22-8-4-3-6-21(22)7-5-13-24-16-14-23(2)15-17-24/h3-4,6,8-12H,5,7,13-18H2,1-2H3. The lowest BCUT2D eigenvalue weighted by Gasteiger charge is -2.32. The summed E-state index contributed by atoms with van der Waals surface area (Å²) in [5, 5.41) is 0. The summed E-state index contributed by atoms with van der Waals surface area (Å²) in [5.74, 6) is 1.03. The third-order valence-electron chi connectivity index (χ3n) is 5.00. The van der Waals surface area contributed by atoms with Gasteiger partial charge in [0.2, 0.25) is 0 Å². The first kappa shape index (κ1) is 18.0. The maximum atomic E-state index is 6.10. The molecule has 1 saturated heterocycles. The van der Waals surface area contributed by atoms with E-state index in [1.807, 2.05) is 0 Å².